The fourth-order valence-electron chi connectivity index (χ4n) is 2.55. The zero-order valence-corrected chi connectivity index (χ0v) is 16.7. The van der Waals surface area contributed by atoms with Crippen molar-refractivity contribution >= 4 is 27.3 Å². The van der Waals surface area contributed by atoms with Crippen LogP contribution in [0.1, 0.15) is 12.8 Å². The number of ether oxygens (including phenoxy) is 1. The van der Waals surface area contributed by atoms with Gasteiger partial charge in [-0.3, -0.25) is 9.10 Å². The summed E-state index contributed by atoms with van der Waals surface area (Å²) in [7, 11) is -3.73. The topological polar surface area (TPSA) is 75.7 Å². The lowest BCUT2D eigenvalue weighted by atomic mass is 10.2. The fraction of sp³-hybridized carbons (Fsp3) is 0.250. The Balaban J connectivity index is 1.96. The fourth-order valence-corrected chi connectivity index (χ4v) is 3.51. The molecule has 0 heterocycles. The van der Waals surface area contributed by atoms with Crippen molar-refractivity contribution in [2.75, 3.05) is 29.0 Å². The van der Waals surface area contributed by atoms with Crippen LogP contribution in [0.25, 0.3) is 0 Å². The molecule has 0 aliphatic carbocycles. The van der Waals surface area contributed by atoms with Gasteiger partial charge in [0.05, 0.1) is 11.9 Å². The van der Waals surface area contributed by atoms with Crippen LogP contribution < -0.4 is 14.4 Å². The van der Waals surface area contributed by atoms with Crippen molar-refractivity contribution in [3.8, 4) is 5.75 Å². The molecule has 2 rings (SSSR count). The van der Waals surface area contributed by atoms with Crippen LogP contribution in [0.4, 0.5) is 20.2 Å². The van der Waals surface area contributed by atoms with Crippen molar-refractivity contribution in [2.24, 2.45) is 0 Å². The number of sulfonamides is 1. The van der Waals surface area contributed by atoms with E-state index in [0.29, 0.717) is 18.0 Å². The Morgan fingerprint density at radius 1 is 1.21 bits per heavy atom. The van der Waals surface area contributed by atoms with E-state index in [0.717, 1.165) is 22.7 Å². The maximum absolute atomic E-state index is 13.5. The first-order valence-corrected chi connectivity index (χ1v) is 10.6. The number of amides is 1. The van der Waals surface area contributed by atoms with Gasteiger partial charge in [-0.25, -0.2) is 17.2 Å². The highest BCUT2D eigenvalue weighted by atomic mass is 32.2. The van der Waals surface area contributed by atoms with Gasteiger partial charge in [0.1, 0.15) is 12.4 Å². The van der Waals surface area contributed by atoms with Gasteiger partial charge in [0, 0.05) is 30.8 Å². The molecule has 2 aromatic rings. The summed E-state index contributed by atoms with van der Waals surface area (Å²) in [4.78, 5) is 12.2. The van der Waals surface area contributed by atoms with Gasteiger partial charge in [-0.2, -0.15) is 0 Å². The molecule has 0 bridgehead atoms. The molecule has 1 N–H and O–H groups in total. The molecule has 0 fully saturated rings. The standard InChI is InChI=1S/C20H22F2N2O4S/c1-3-12-28-17-7-4-6-15(13-17)23-20(25)8-5-11-24(29(2,26)27)16-9-10-18(21)19(22)14-16/h3-4,6-7,9-10,13-14H,1,5,8,11-12H2,2H3,(H,23,25). The second-order valence-corrected chi connectivity index (χ2v) is 8.12. The molecule has 0 unspecified atom stereocenters. The van der Waals surface area contributed by atoms with Crippen LogP contribution in [0.2, 0.25) is 0 Å². The Hall–Kier alpha value is -2.94. The molecular weight excluding hydrogens is 402 g/mol. The van der Waals surface area contributed by atoms with E-state index >= 15 is 0 Å². The van der Waals surface area contributed by atoms with Gasteiger partial charge in [0.25, 0.3) is 0 Å². The van der Waals surface area contributed by atoms with E-state index in [1.807, 2.05) is 0 Å². The summed E-state index contributed by atoms with van der Waals surface area (Å²) in [5.41, 5.74) is 0.538. The normalized spacial score (nSPS) is 11.0. The number of nitrogens with one attached hydrogen (secondary N) is 1. The number of rotatable bonds is 10. The molecule has 156 valence electrons. The lowest BCUT2D eigenvalue weighted by Gasteiger charge is -2.22. The van der Waals surface area contributed by atoms with Crippen LogP contribution in [0, 0.1) is 11.6 Å². The van der Waals surface area contributed by atoms with Crippen molar-refractivity contribution in [1.29, 1.82) is 0 Å². The van der Waals surface area contributed by atoms with Crippen LogP contribution in [-0.4, -0.2) is 33.7 Å². The minimum Gasteiger partial charge on any atom is -0.489 e. The van der Waals surface area contributed by atoms with Crippen molar-refractivity contribution in [3.05, 3.63) is 66.8 Å². The average molecular weight is 424 g/mol. The number of anilines is 2. The minimum absolute atomic E-state index is 0.00104. The quantitative estimate of drug-likeness (QED) is 0.590. The van der Waals surface area contributed by atoms with Gasteiger partial charge >= 0.3 is 0 Å². The van der Waals surface area contributed by atoms with Crippen LogP contribution in [0.15, 0.2) is 55.1 Å². The van der Waals surface area contributed by atoms with E-state index < -0.39 is 21.7 Å². The summed E-state index contributed by atoms with van der Waals surface area (Å²) in [5.74, 6) is -1.96. The number of hydrogen-bond acceptors (Lipinski definition) is 4. The highest BCUT2D eigenvalue weighted by molar-refractivity contribution is 7.92. The predicted octanol–water partition coefficient (Wildman–Crippen LogP) is 3.71. The minimum atomic E-state index is -3.73. The zero-order valence-electron chi connectivity index (χ0n) is 15.9. The molecule has 0 saturated heterocycles. The lowest BCUT2D eigenvalue weighted by Crippen LogP contribution is -2.31. The summed E-state index contributed by atoms with van der Waals surface area (Å²) >= 11 is 0. The number of carbonyl (C=O) groups excluding carboxylic acids is 1. The van der Waals surface area contributed by atoms with Crippen molar-refractivity contribution in [3.63, 3.8) is 0 Å². The molecule has 2 aromatic carbocycles. The molecule has 9 heteroatoms. The second kappa shape index (κ2) is 10.0. The number of nitrogens with zero attached hydrogens (tertiary/aromatic N) is 1. The molecule has 6 nitrogen and oxygen atoms in total. The summed E-state index contributed by atoms with van der Waals surface area (Å²) in [6, 6.07) is 9.66. The number of carbonyl (C=O) groups is 1. The van der Waals surface area contributed by atoms with E-state index in [1.54, 1.807) is 30.3 Å². The summed E-state index contributed by atoms with van der Waals surface area (Å²) < 4.78 is 56.9. The third-order valence-corrected chi connectivity index (χ3v) is 5.04. The number of hydrogen-bond donors (Lipinski definition) is 1. The molecule has 29 heavy (non-hydrogen) atoms. The summed E-state index contributed by atoms with van der Waals surface area (Å²) in [5, 5.41) is 2.71. The van der Waals surface area contributed by atoms with E-state index in [1.165, 1.54) is 6.07 Å². The van der Waals surface area contributed by atoms with Crippen LogP contribution in [0.3, 0.4) is 0 Å². The molecule has 1 amide bonds. The van der Waals surface area contributed by atoms with Gasteiger partial charge in [-0.05, 0) is 30.7 Å². The first-order chi connectivity index (χ1) is 13.7. The SMILES string of the molecule is C=CCOc1cccc(NC(=O)CCCN(c2ccc(F)c(F)c2)S(C)(=O)=O)c1. The Labute approximate surface area is 168 Å². The third kappa shape index (κ3) is 6.86. The molecular formula is C20H22F2N2O4S. The molecule has 0 aromatic heterocycles. The van der Waals surface area contributed by atoms with Gasteiger partial charge in [-0.1, -0.05) is 18.7 Å². The highest BCUT2D eigenvalue weighted by Crippen LogP contribution is 2.21. The van der Waals surface area contributed by atoms with Gasteiger partial charge in [0.15, 0.2) is 11.6 Å². The van der Waals surface area contributed by atoms with Crippen LogP contribution in [-0.2, 0) is 14.8 Å². The van der Waals surface area contributed by atoms with Crippen molar-refractivity contribution in [2.45, 2.75) is 12.8 Å². The maximum Gasteiger partial charge on any atom is 0.232 e. The Morgan fingerprint density at radius 3 is 2.62 bits per heavy atom. The second-order valence-electron chi connectivity index (χ2n) is 6.21. The molecule has 0 spiro atoms. The summed E-state index contributed by atoms with van der Waals surface area (Å²) in [6.45, 7) is 3.84. The van der Waals surface area contributed by atoms with Crippen molar-refractivity contribution < 1.29 is 26.7 Å². The molecule has 0 aliphatic heterocycles. The van der Waals surface area contributed by atoms with Gasteiger partial charge < -0.3 is 10.1 Å². The van der Waals surface area contributed by atoms with Crippen LogP contribution in [0.5, 0.6) is 5.75 Å². The van der Waals surface area contributed by atoms with E-state index in [4.69, 9.17) is 4.74 Å². The Bertz CT molecular complexity index is 980. The first-order valence-electron chi connectivity index (χ1n) is 8.77. The third-order valence-electron chi connectivity index (χ3n) is 3.84. The average Bonchev–Trinajstić information content (AvgIpc) is 2.65. The smallest absolute Gasteiger partial charge is 0.232 e. The lowest BCUT2D eigenvalue weighted by molar-refractivity contribution is -0.116. The summed E-state index contributed by atoms with van der Waals surface area (Å²) in [6.07, 6.45) is 2.78. The largest absolute Gasteiger partial charge is 0.489 e. The molecule has 0 atom stereocenters. The van der Waals surface area contributed by atoms with E-state index in [9.17, 15) is 22.0 Å². The Kier molecular flexibility index (Phi) is 7.72. The van der Waals surface area contributed by atoms with Gasteiger partial charge in [-0.15, -0.1) is 0 Å². The first kappa shape index (κ1) is 22.4. The monoisotopic (exact) mass is 424 g/mol. The van der Waals surface area contributed by atoms with E-state index in [2.05, 4.69) is 11.9 Å². The number of halogens is 2. The predicted molar refractivity (Wildman–Crippen MR) is 109 cm³/mol. The van der Waals surface area contributed by atoms with Crippen molar-refractivity contribution in [1.82, 2.24) is 0 Å². The maximum atomic E-state index is 13.5. The van der Waals surface area contributed by atoms with Gasteiger partial charge in [0.2, 0.25) is 15.9 Å². The van der Waals surface area contributed by atoms with E-state index in [-0.39, 0.29) is 31.0 Å². The molecule has 0 radical (unpaired) electrons. The Morgan fingerprint density at radius 2 is 1.97 bits per heavy atom. The molecule has 0 aliphatic rings. The zero-order chi connectivity index (χ0) is 21.4. The van der Waals surface area contributed by atoms with Crippen LogP contribution >= 0.6 is 0 Å². The number of benzene rings is 2. The molecule has 0 saturated carbocycles. The highest BCUT2D eigenvalue weighted by Gasteiger charge is 2.19.